The van der Waals surface area contributed by atoms with Crippen molar-refractivity contribution < 1.29 is 0 Å². The third-order valence-corrected chi connectivity index (χ3v) is 1.94. The van der Waals surface area contributed by atoms with Crippen molar-refractivity contribution >= 4 is 0 Å². The summed E-state index contributed by atoms with van der Waals surface area (Å²) in [5.74, 6) is 2.74. The highest BCUT2D eigenvalue weighted by atomic mass is 16.2. The van der Waals surface area contributed by atoms with Gasteiger partial charge in [0.05, 0.1) is 0 Å². The molecule has 1 aromatic carbocycles. The molecule has 0 aliphatic heterocycles. The molecule has 0 amide bonds. The van der Waals surface area contributed by atoms with E-state index in [1.165, 1.54) is 12.3 Å². The highest BCUT2D eigenvalue weighted by molar-refractivity contribution is 5.33. The maximum atomic E-state index is 11.3. The molecular weight excluding hydrogens is 204 g/mol. The summed E-state index contributed by atoms with van der Waals surface area (Å²) < 4.78 is 0.840. The van der Waals surface area contributed by atoms with Crippen LogP contribution >= 0.6 is 0 Å². The third kappa shape index (κ3) is 2.10. The lowest BCUT2D eigenvalue weighted by molar-refractivity contribution is 0.905. The van der Waals surface area contributed by atoms with E-state index >= 15 is 0 Å². The minimum absolute atomic E-state index is 0.438. The Bertz CT molecular complexity index is 629. The van der Waals surface area contributed by atoms with Gasteiger partial charge < -0.3 is 4.98 Å². The van der Waals surface area contributed by atoms with Gasteiger partial charge in [-0.15, -0.1) is 0 Å². The van der Waals surface area contributed by atoms with Gasteiger partial charge >= 0.3 is 5.69 Å². The SMILES string of the molecule is O=c1cc[nH]c(=O)n1C#Cc1ccccc1. The molecule has 16 heavy (non-hydrogen) atoms. The van der Waals surface area contributed by atoms with Gasteiger partial charge in [-0.1, -0.05) is 18.2 Å². The largest absolute Gasteiger partial charge is 0.340 e. The van der Waals surface area contributed by atoms with Crippen LogP contribution in [-0.2, 0) is 0 Å². The Balaban J connectivity index is 2.47. The van der Waals surface area contributed by atoms with Gasteiger partial charge in [0.2, 0.25) is 0 Å². The molecule has 4 nitrogen and oxygen atoms in total. The Morgan fingerprint density at radius 3 is 2.50 bits per heavy atom. The van der Waals surface area contributed by atoms with E-state index in [0.717, 1.165) is 10.1 Å². The van der Waals surface area contributed by atoms with Crippen molar-refractivity contribution in [1.29, 1.82) is 0 Å². The summed E-state index contributed by atoms with van der Waals surface area (Å²) in [5, 5.41) is 0. The van der Waals surface area contributed by atoms with E-state index in [2.05, 4.69) is 16.9 Å². The average Bonchev–Trinajstić information content (AvgIpc) is 2.30. The molecule has 4 heteroatoms. The standard InChI is InChI=1S/C12H8N2O2/c15-11-6-8-13-12(16)14(11)9-7-10-4-2-1-3-5-10/h1-6,8H,(H,13,16). The van der Waals surface area contributed by atoms with Crippen molar-refractivity contribution in [2.45, 2.75) is 0 Å². The number of rotatable bonds is 0. The van der Waals surface area contributed by atoms with Gasteiger partial charge in [0.25, 0.3) is 5.56 Å². The molecule has 1 heterocycles. The Hall–Kier alpha value is -2.54. The Labute approximate surface area is 91.2 Å². The number of aromatic nitrogens is 2. The number of aromatic amines is 1. The van der Waals surface area contributed by atoms with E-state index in [1.807, 2.05) is 18.2 Å². The van der Waals surface area contributed by atoms with Crippen LogP contribution in [0.15, 0.2) is 52.2 Å². The number of hydrogen-bond acceptors (Lipinski definition) is 2. The summed E-state index contributed by atoms with van der Waals surface area (Å²) in [7, 11) is 0. The Morgan fingerprint density at radius 1 is 1.06 bits per heavy atom. The molecule has 0 spiro atoms. The van der Waals surface area contributed by atoms with Crippen LogP contribution in [-0.4, -0.2) is 9.55 Å². The normalized spacial score (nSPS) is 9.25. The van der Waals surface area contributed by atoms with Crippen molar-refractivity contribution in [2.24, 2.45) is 0 Å². The molecule has 0 aliphatic rings. The van der Waals surface area contributed by atoms with E-state index in [0.29, 0.717) is 0 Å². The highest BCUT2D eigenvalue weighted by Crippen LogP contribution is 1.94. The van der Waals surface area contributed by atoms with Crippen LogP contribution in [0.25, 0.3) is 0 Å². The second kappa shape index (κ2) is 4.32. The second-order valence-electron chi connectivity index (χ2n) is 3.06. The summed E-state index contributed by atoms with van der Waals surface area (Å²) >= 11 is 0. The van der Waals surface area contributed by atoms with Crippen molar-refractivity contribution in [3.8, 4) is 12.0 Å². The summed E-state index contributed by atoms with van der Waals surface area (Å²) in [6.07, 6.45) is 1.30. The van der Waals surface area contributed by atoms with Crippen LogP contribution in [0.4, 0.5) is 0 Å². The summed E-state index contributed by atoms with van der Waals surface area (Å²) in [6.45, 7) is 0. The Morgan fingerprint density at radius 2 is 1.81 bits per heavy atom. The molecule has 0 atom stereocenters. The number of H-pyrrole nitrogens is 1. The zero-order valence-electron chi connectivity index (χ0n) is 8.31. The van der Waals surface area contributed by atoms with Crippen molar-refractivity contribution in [3.05, 3.63) is 69.0 Å². The Kier molecular flexibility index (Phi) is 2.70. The predicted octanol–water partition coefficient (Wildman–Crippen LogP) is 0.394. The van der Waals surface area contributed by atoms with Crippen LogP contribution in [0.3, 0.4) is 0 Å². The number of benzene rings is 1. The minimum Gasteiger partial charge on any atom is -0.313 e. The van der Waals surface area contributed by atoms with E-state index in [4.69, 9.17) is 0 Å². The minimum atomic E-state index is -0.532. The molecule has 78 valence electrons. The molecule has 0 unspecified atom stereocenters. The summed E-state index contributed by atoms with van der Waals surface area (Å²) in [5.41, 5.74) is -0.222. The zero-order chi connectivity index (χ0) is 11.4. The van der Waals surface area contributed by atoms with E-state index in [1.54, 1.807) is 12.1 Å². The van der Waals surface area contributed by atoms with Crippen LogP contribution in [0, 0.1) is 12.0 Å². The van der Waals surface area contributed by atoms with Gasteiger partial charge in [-0.25, -0.2) is 4.79 Å². The molecule has 2 rings (SSSR count). The van der Waals surface area contributed by atoms with Crippen LogP contribution in [0.2, 0.25) is 0 Å². The number of nitrogens with one attached hydrogen (secondary N) is 1. The number of nitrogens with zero attached hydrogens (tertiary/aromatic N) is 1. The van der Waals surface area contributed by atoms with E-state index in [-0.39, 0.29) is 0 Å². The first kappa shape index (κ1) is 9.99. The smallest absolute Gasteiger partial charge is 0.313 e. The fourth-order valence-electron chi connectivity index (χ4n) is 1.17. The molecule has 0 aliphatic carbocycles. The average molecular weight is 212 g/mol. The molecule has 0 bridgehead atoms. The van der Waals surface area contributed by atoms with Crippen molar-refractivity contribution in [2.75, 3.05) is 0 Å². The summed E-state index contributed by atoms with van der Waals surface area (Å²) in [4.78, 5) is 24.9. The monoisotopic (exact) mass is 212 g/mol. The fourth-order valence-corrected chi connectivity index (χ4v) is 1.17. The molecule has 0 fully saturated rings. The lowest BCUT2D eigenvalue weighted by atomic mass is 10.2. The van der Waals surface area contributed by atoms with Gasteiger partial charge in [0, 0.05) is 23.9 Å². The lowest BCUT2D eigenvalue weighted by Crippen LogP contribution is -2.31. The maximum Gasteiger partial charge on any atom is 0.340 e. The maximum absolute atomic E-state index is 11.3. The molecule has 0 saturated carbocycles. The van der Waals surface area contributed by atoms with Crippen LogP contribution in [0.1, 0.15) is 5.56 Å². The molecule has 2 aromatic rings. The van der Waals surface area contributed by atoms with Crippen molar-refractivity contribution in [3.63, 3.8) is 0 Å². The van der Waals surface area contributed by atoms with Gasteiger partial charge in [0.1, 0.15) is 0 Å². The molecule has 1 aromatic heterocycles. The molecule has 1 N–H and O–H groups in total. The molecule has 0 radical (unpaired) electrons. The summed E-state index contributed by atoms with van der Waals surface area (Å²) in [6, 6.07) is 12.9. The lowest BCUT2D eigenvalue weighted by Gasteiger charge is -1.91. The van der Waals surface area contributed by atoms with E-state index < -0.39 is 11.2 Å². The topological polar surface area (TPSA) is 54.9 Å². The second-order valence-corrected chi connectivity index (χ2v) is 3.06. The van der Waals surface area contributed by atoms with E-state index in [9.17, 15) is 9.59 Å². The van der Waals surface area contributed by atoms with Crippen molar-refractivity contribution in [1.82, 2.24) is 9.55 Å². The van der Waals surface area contributed by atoms with Gasteiger partial charge in [-0.2, -0.15) is 4.57 Å². The zero-order valence-corrected chi connectivity index (χ0v) is 8.31. The first-order chi connectivity index (χ1) is 7.77. The van der Waals surface area contributed by atoms with Gasteiger partial charge in [-0.3, -0.25) is 4.79 Å². The first-order valence-corrected chi connectivity index (χ1v) is 4.65. The van der Waals surface area contributed by atoms with Crippen LogP contribution in [0.5, 0.6) is 0 Å². The predicted molar refractivity (Wildman–Crippen MR) is 60.0 cm³/mol. The first-order valence-electron chi connectivity index (χ1n) is 4.65. The fraction of sp³-hybridized carbons (Fsp3) is 0. The quantitative estimate of drug-likeness (QED) is 0.642. The van der Waals surface area contributed by atoms with Gasteiger partial charge in [-0.05, 0) is 18.1 Å². The van der Waals surface area contributed by atoms with Crippen LogP contribution < -0.4 is 11.2 Å². The molecule has 0 saturated heterocycles. The third-order valence-electron chi connectivity index (χ3n) is 1.94. The number of hydrogen-bond donors (Lipinski definition) is 1. The highest BCUT2D eigenvalue weighted by Gasteiger charge is 1.94. The van der Waals surface area contributed by atoms with Gasteiger partial charge in [0.15, 0.2) is 0 Å². The molecular formula is C12H8N2O2.